The number of rotatable bonds is 2. The van der Waals surface area contributed by atoms with Crippen molar-refractivity contribution < 1.29 is 9.90 Å². The topological polar surface area (TPSA) is 70.2 Å². The van der Waals surface area contributed by atoms with Crippen LogP contribution in [-0.2, 0) is 0 Å². The quantitative estimate of drug-likeness (QED) is 0.859. The molecule has 5 heteroatoms. The fourth-order valence-corrected chi connectivity index (χ4v) is 1.64. The van der Waals surface area contributed by atoms with Gasteiger partial charge in [-0.05, 0) is 17.7 Å². The summed E-state index contributed by atoms with van der Waals surface area (Å²) in [5.74, 6) is -1.14. The third kappa shape index (κ3) is 2.37. The van der Waals surface area contributed by atoms with Crippen molar-refractivity contribution in [3.8, 4) is 11.1 Å². The highest BCUT2D eigenvalue weighted by atomic mass is 35.5. The Morgan fingerprint density at radius 2 is 1.88 bits per heavy atom. The van der Waals surface area contributed by atoms with Gasteiger partial charge in [-0.25, -0.2) is 4.79 Å². The molecular weight excluding hydrogens is 242 g/mol. The Morgan fingerprint density at radius 1 is 1.24 bits per heavy atom. The van der Waals surface area contributed by atoms with Crippen LogP contribution in [0.25, 0.3) is 11.1 Å². The second-order valence-corrected chi connectivity index (χ2v) is 3.87. The van der Waals surface area contributed by atoms with E-state index in [-0.39, 0.29) is 5.56 Å². The number of carboxylic acid groups (broad SMARTS) is 1. The number of carbonyl (C=O) groups is 1. The van der Waals surface area contributed by atoms with Gasteiger partial charge in [0.2, 0.25) is 5.56 Å². The lowest BCUT2D eigenvalue weighted by Crippen LogP contribution is -2.10. The van der Waals surface area contributed by atoms with Crippen molar-refractivity contribution in [3.63, 3.8) is 0 Å². The molecule has 86 valence electrons. The zero-order valence-electron chi connectivity index (χ0n) is 8.61. The lowest BCUT2D eigenvalue weighted by atomic mass is 10.0. The number of halogens is 1. The van der Waals surface area contributed by atoms with Gasteiger partial charge in [0.1, 0.15) is 0 Å². The average Bonchev–Trinajstić information content (AvgIpc) is 2.30. The minimum Gasteiger partial charge on any atom is -0.478 e. The number of aromatic amines is 1. The van der Waals surface area contributed by atoms with E-state index in [2.05, 4.69) is 4.98 Å². The summed E-state index contributed by atoms with van der Waals surface area (Å²) in [5, 5.41) is 9.59. The SMILES string of the molecule is O=C(O)c1cc(=O)[nH]cc1-c1ccc(Cl)cc1. The molecule has 17 heavy (non-hydrogen) atoms. The first-order valence-corrected chi connectivity index (χ1v) is 5.17. The van der Waals surface area contributed by atoms with Crippen molar-refractivity contribution in [2.75, 3.05) is 0 Å². The van der Waals surface area contributed by atoms with Gasteiger partial charge in [-0.15, -0.1) is 0 Å². The molecular formula is C12H8ClNO3. The Morgan fingerprint density at radius 3 is 2.47 bits per heavy atom. The van der Waals surface area contributed by atoms with E-state index >= 15 is 0 Å². The first-order valence-electron chi connectivity index (χ1n) is 4.80. The van der Waals surface area contributed by atoms with E-state index in [0.717, 1.165) is 6.07 Å². The molecule has 0 saturated heterocycles. The molecule has 4 nitrogen and oxygen atoms in total. The van der Waals surface area contributed by atoms with Crippen LogP contribution in [0.2, 0.25) is 5.02 Å². The van der Waals surface area contributed by atoms with Crippen LogP contribution < -0.4 is 5.56 Å². The molecule has 1 heterocycles. The second-order valence-electron chi connectivity index (χ2n) is 3.44. The van der Waals surface area contributed by atoms with Crippen LogP contribution in [0.4, 0.5) is 0 Å². The molecule has 1 aromatic carbocycles. The molecule has 0 aliphatic heterocycles. The standard InChI is InChI=1S/C12H8ClNO3/c13-8-3-1-7(2-4-8)10-6-14-11(15)5-9(10)12(16)17/h1-6H,(H,14,15)(H,16,17). The van der Waals surface area contributed by atoms with Gasteiger partial charge in [-0.3, -0.25) is 4.79 Å². The van der Waals surface area contributed by atoms with Crippen LogP contribution in [0.1, 0.15) is 10.4 Å². The minimum absolute atomic E-state index is 0.0314. The van der Waals surface area contributed by atoms with E-state index in [4.69, 9.17) is 16.7 Å². The first-order chi connectivity index (χ1) is 8.08. The van der Waals surface area contributed by atoms with Crippen LogP contribution in [0.15, 0.2) is 41.3 Å². The summed E-state index contributed by atoms with van der Waals surface area (Å²) in [6.45, 7) is 0. The fraction of sp³-hybridized carbons (Fsp3) is 0. The molecule has 2 rings (SSSR count). The summed E-state index contributed by atoms with van der Waals surface area (Å²) in [5.41, 5.74) is 0.660. The van der Waals surface area contributed by atoms with Gasteiger partial charge in [-0.1, -0.05) is 23.7 Å². The number of H-pyrrole nitrogens is 1. The van der Waals surface area contributed by atoms with E-state index in [9.17, 15) is 9.59 Å². The maximum Gasteiger partial charge on any atom is 0.336 e. The largest absolute Gasteiger partial charge is 0.478 e. The Labute approximate surface area is 101 Å². The summed E-state index contributed by atoms with van der Waals surface area (Å²) in [7, 11) is 0. The zero-order chi connectivity index (χ0) is 12.4. The van der Waals surface area contributed by atoms with E-state index in [1.165, 1.54) is 6.20 Å². The summed E-state index contributed by atoms with van der Waals surface area (Å²) in [6.07, 6.45) is 1.38. The third-order valence-corrected chi connectivity index (χ3v) is 2.56. The van der Waals surface area contributed by atoms with Crippen LogP contribution in [0.5, 0.6) is 0 Å². The molecule has 0 radical (unpaired) electrons. The molecule has 2 N–H and O–H groups in total. The van der Waals surface area contributed by atoms with Gasteiger partial charge < -0.3 is 10.1 Å². The predicted molar refractivity (Wildman–Crippen MR) is 64.5 cm³/mol. The van der Waals surface area contributed by atoms with Crippen molar-refractivity contribution in [1.29, 1.82) is 0 Å². The molecule has 2 aromatic rings. The van der Waals surface area contributed by atoms with Crippen LogP contribution >= 0.6 is 11.6 Å². The molecule has 0 saturated carbocycles. The maximum atomic E-state index is 11.1. The Balaban J connectivity index is 2.62. The number of aromatic carboxylic acids is 1. The van der Waals surface area contributed by atoms with E-state index in [1.54, 1.807) is 24.3 Å². The molecule has 1 aromatic heterocycles. The molecule has 0 atom stereocenters. The van der Waals surface area contributed by atoms with E-state index < -0.39 is 11.5 Å². The van der Waals surface area contributed by atoms with Crippen molar-refractivity contribution >= 4 is 17.6 Å². The molecule has 0 aliphatic carbocycles. The lowest BCUT2D eigenvalue weighted by Gasteiger charge is -2.05. The number of aromatic nitrogens is 1. The maximum absolute atomic E-state index is 11.1. The summed E-state index contributed by atoms with van der Waals surface area (Å²) < 4.78 is 0. The number of benzene rings is 1. The zero-order valence-corrected chi connectivity index (χ0v) is 9.36. The molecule has 0 fully saturated rings. The molecule has 0 amide bonds. The monoisotopic (exact) mass is 249 g/mol. The van der Waals surface area contributed by atoms with Crippen molar-refractivity contribution in [1.82, 2.24) is 4.98 Å². The first kappa shape index (κ1) is 11.4. The Kier molecular flexibility index (Phi) is 2.97. The highest BCUT2D eigenvalue weighted by Crippen LogP contribution is 2.23. The third-order valence-electron chi connectivity index (χ3n) is 2.31. The van der Waals surface area contributed by atoms with Crippen LogP contribution in [0.3, 0.4) is 0 Å². The smallest absolute Gasteiger partial charge is 0.336 e. The van der Waals surface area contributed by atoms with Crippen molar-refractivity contribution in [2.24, 2.45) is 0 Å². The van der Waals surface area contributed by atoms with Crippen molar-refractivity contribution in [3.05, 3.63) is 57.5 Å². The van der Waals surface area contributed by atoms with Crippen LogP contribution in [0, 0.1) is 0 Å². The molecule has 0 unspecified atom stereocenters. The van der Waals surface area contributed by atoms with Gasteiger partial charge in [-0.2, -0.15) is 0 Å². The Hall–Kier alpha value is -2.07. The van der Waals surface area contributed by atoms with Gasteiger partial charge in [0, 0.05) is 22.8 Å². The van der Waals surface area contributed by atoms with Gasteiger partial charge in [0.15, 0.2) is 0 Å². The molecule has 0 aliphatic rings. The van der Waals surface area contributed by atoms with Crippen molar-refractivity contribution in [2.45, 2.75) is 0 Å². The van der Waals surface area contributed by atoms with E-state index in [1.807, 2.05) is 0 Å². The highest BCUT2D eigenvalue weighted by Gasteiger charge is 2.12. The average molecular weight is 250 g/mol. The lowest BCUT2D eigenvalue weighted by molar-refractivity contribution is 0.0697. The number of pyridine rings is 1. The highest BCUT2D eigenvalue weighted by molar-refractivity contribution is 6.30. The molecule has 0 spiro atoms. The van der Waals surface area contributed by atoms with Crippen LogP contribution in [-0.4, -0.2) is 16.1 Å². The number of carboxylic acids is 1. The van der Waals surface area contributed by atoms with Gasteiger partial charge in [0.25, 0.3) is 0 Å². The summed E-state index contributed by atoms with van der Waals surface area (Å²) in [4.78, 5) is 24.6. The summed E-state index contributed by atoms with van der Waals surface area (Å²) >= 11 is 5.75. The Bertz CT molecular complexity index is 616. The number of hydrogen-bond acceptors (Lipinski definition) is 2. The van der Waals surface area contributed by atoms with E-state index in [0.29, 0.717) is 16.1 Å². The van der Waals surface area contributed by atoms with Gasteiger partial charge >= 0.3 is 5.97 Å². The predicted octanol–water partition coefficient (Wildman–Crippen LogP) is 2.39. The van der Waals surface area contributed by atoms with Gasteiger partial charge in [0.05, 0.1) is 5.56 Å². The normalized spacial score (nSPS) is 10.2. The fourth-order valence-electron chi connectivity index (χ4n) is 1.52. The minimum atomic E-state index is -1.14. The second kappa shape index (κ2) is 4.43. The number of nitrogens with one attached hydrogen (secondary N) is 1. The summed E-state index contributed by atoms with van der Waals surface area (Å²) in [6, 6.07) is 7.78. The molecule has 0 bridgehead atoms. The number of hydrogen-bond donors (Lipinski definition) is 2.